The monoisotopic (exact) mass is 492 g/mol. The van der Waals surface area contributed by atoms with E-state index < -0.39 is 0 Å². The fourth-order valence-corrected chi connectivity index (χ4v) is 6.64. The molecule has 1 N–H and O–H groups in total. The number of allylic oxidation sites excluding steroid dienone is 1. The Bertz CT molecular complexity index is 1130. The van der Waals surface area contributed by atoms with Crippen LogP contribution in [-0.2, 0) is 14.3 Å². The highest BCUT2D eigenvalue weighted by Gasteiger charge is 2.54. The van der Waals surface area contributed by atoms with Crippen molar-refractivity contribution in [2.75, 3.05) is 6.61 Å². The van der Waals surface area contributed by atoms with E-state index in [-0.39, 0.29) is 47.8 Å². The maximum Gasteiger partial charge on any atom is 0.407 e. The van der Waals surface area contributed by atoms with Crippen LogP contribution >= 0.6 is 0 Å². The summed E-state index contributed by atoms with van der Waals surface area (Å²) < 4.78 is 24.3. The molecule has 7 atom stereocenters. The highest BCUT2D eigenvalue weighted by molar-refractivity contribution is 5.75. The van der Waals surface area contributed by atoms with E-state index in [0.717, 1.165) is 42.5 Å². The lowest BCUT2D eigenvalue weighted by atomic mass is 9.57. The lowest BCUT2D eigenvalue weighted by Gasteiger charge is -2.47. The molecule has 5 rings (SSSR count). The summed E-state index contributed by atoms with van der Waals surface area (Å²) in [5, 5.41) is 3.00. The number of nitrogens with zero attached hydrogens (tertiary/aromatic N) is 1. The van der Waals surface area contributed by atoms with E-state index in [4.69, 9.17) is 9.47 Å². The Balaban J connectivity index is 1.34. The second-order valence-corrected chi connectivity index (χ2v) is 10.3. The average Bonchev–Trinajstić information content (AvgIpc) is 3.15. The number of esters is 1. The van der Waals surface area contributed by atoms with Gasteiger partial charge in [0.05, 0.1) is 18.2 Å². The summed E-state index contributed by atoms with van der Waals surface area (Å²) in [4.78, 5) is 29.2. The third-order valence-electron chi connectivity index (χ3n) is 8.18. The molecule has 1 saturated heterocycles. The van der Waals surface area contributed by atoms with Crippen molar-refractivity contribution in [1.82, 2.24) is 10.3 Å². The number of pyridine rings is 1. The van der Waals surface area contributed by atoms with E-state index in [1.54, 1.807) is 19.2 Å². The van der Waals surface area contributed by atoms with Crippen LogP contribution in [0.3, 0.4) is 0 Å². The fourth-order valence-electron chi connectivity index (χ4n) is 6.64. The van der Waals surface area contributed by atoms with E-state index in [2.05, 4.69) is 16.4 Å². The predicted octanol–water partition coefficient (Wildman–Crippen LogP) is 5.63. The van der Waals surface area contributed by atoms with Crippen LogP contribution in [0.4, 0.5) is 9.18 Å². The van der Waals surface area contributed by atoms with Gasteiger partial charge in [-0.1, -0.05) is 24.3 Å². The molecule has 0 spiro atoms. The average molecular weight is 493 g/mol. The van der Waals surface area contributed by atoms with Crippen molar-refractivity contribution in [2.45, 2.75) is 51.7 Å². The Hall–Kier alpha value is -3.22. The number of hydrogen-bond donors (Lipinski definition) is 1. The number of cyclic esters (lactones) is 1. The van der Waals surface area contributed by atoms with Crippen LogP contribution in [0.1, 0.15) is 45.2 Å². The molecule has 2 saturated carbocycles. The van der Waals surface area contributed by atoms with Crippen molar-refractivity contribution in [3.8, 4) is 11.1 Å². The van der Waals surface area contributed by atoms with Gasteiger partial charge in [0.15, 0.2) is 0 Å². The number of hydrogen-bond acceptors (Lipinski definition) is 5. The molecule has 190 valence electrons. The summed E-state index contributed by atoms with van der Waals surface area (Å²) in [6, 6.07) is 10.4. The zero-order valence-electron chi connectivity index (χ0n) is 20.7. The lowest BCUT2D eigenvalue weighted by Crippen LogP contribution is -2.48. The summed E-state index contributed by atoms with van der Waals surface area (Å²) in [5.41, 5.74) is 2.48. The number of alkyl carbamates (subject to hydrolysis) is 1. The first kappa shape index (κ1) is 24.5. The molecular formula is C29H33FN2O4. The Labute approximate surface area is 211 Å². The van der Waals surface area contributed by atoms with E-state index in [1.807, 2.05) is 31.2 Å². The molecule has 1 aromatic heterocycles. The Morgan fingerprint density at radius 3 is 2.83 bits per heavy atom. The summed E-state index contributed by atoms with van der Waals surface area (Å²) in [7, 11) is 0. The standard InChI is InChI=1S/C29H33FN2O4/c1-3-35-29(34)32-23-10-11-24-20(14-23)15-26-27(17(2)36-28(26)33)25(24)12-9-22-8-7-19(16-31-22)18-5-4-6-21(30)13-18/h4-9,12-13,16-17,20,23-27H,3,10-11,14-15H2,1-2H3,(H,32,34)/t17-,20-,23-,24-,25+,26+,27+/m0/s1. The molecule has 2 aliphatic carbocycles. The van der Waals surface area contributed by atoms with Crippen molar-refractivity contribution < 1.29 is 23.5 Å². The van der Waals surface area contributed by atoms with Gasteiger partial charge in [0, 0.05) is 23.7 Å². The maximum atomic E-state index is 13.6. The number of amides is 1. The largest absolute Gasteiger partial charge is 0.462 e. The van der Waals surface area contributed by atoms with Crippen LogP contribution < -0.4 is 5.32 Å². The Morgan fingerprint density at radius 1 is 1.22 bits per heavy atom. The summed E-state index contributed by atoms with van der Waals surface area (Å²) in [6.07, 6.45) is 9.07. The molecule has 0 unspecified atom stereocenters. The number of nitrogens with one attached hydrogen (secondary N) is 1. The van der Waals surface area contributed by atoms with Crippen molar-refractivity contribution in [2.24, 2.45) is 29.6 Å². The zero-order valence-corrected chi connectivity index (χ0v) is 20.7. The van der Waals surface area contributed by atoms with Crippen LogP contribution in [0.25, 0.3) is 17.2 Å². The summed E-state index contributed by atoms with van der Waals surface area (Å²) in [6.45, 7) is 4.15. The summed E-state index contributed by atoms with van der Waals surface area (Å²) in [5.74, 6) is 0.629. The van der Waals surface area contributed by atoms with Crippen LogP contribution in [0.2, 0.25) is 0 Å². The third-order valence-corrected chi connectivity index (χ3v) is 8.18. The predicted molar refractivity (Wildman–Crippen MR) is 134 cm³/mol. The number of fused-ring (bicyclic) bond motifs is 2. The van der Waals surface area contributed by atoms with Gasteiger partial charge in [0.1, 0.15) is 11.9 Å². The van der Waals surface area contributed by atoms with E-state index in [1.165, 1.54) is 12.1 Å². The van der Waals surface area contributed by atoms with Crippen LogP contribution in [-0.4, -0.2) is 35.8 Å². The second kappa shape index (κ2) is 10.4. The molecule has 2 aromatic rings. The number of rotatable bonds is 5. The normalized spacial score (nSPS) is 31.4. The van der Waals surface area contributed by atoms with Gasteiger partial charge in [-0.05, 0) is 87.1 Å². The Morgan fingerprint density at radius 2 is 2.08 bits per heavy atom. The van der Waals surface area contributed by atoms with Gasteiger partial charge >= 0.3 is 12.1 Å². The van der Waals surface area contributed by atoms with Crippen molar-refractivity contribution in [3.63, 3.8) is 0 Å². The Kier molecular flexibility index (Phi) is 7.08. The second-order valence-electron chi connectivity index (χ2n) is 10.3. The zero-order chi connectivity index (χ0) is 25.2. The smallest absolute Gasteiger partial charge is 0.407 e. The molecule has 7 heteroatoms. The molecule has 0 bridgehead atoms. The van der Waals surface area contributed by atoms with Crippen LogP contribution in [0.5, 0.6) is 0 Å². The van der Waals surface area contributed by atoms with Gasteiger partial charge in [-0.25, -0.2) is 9.18 Å². The van der Waals surface area contributed by atoms with E-state index in [9.17, 15) is 14.0 Å². The fraction of sp³-hybridized carbons (Fsp3) is 0.483. The first-order valence-electron chi connectivity index (χ1n) is 13.0. The molecule has 1 amide bonds. The minimum atomic E-state index is -0.368. The first-order chi connectivity index (χ1) is 17.4. The number of carbonyl (C=O) groups excluding carboxylic acids is 2. The number of aromatic nitrogens is 1. The molecule has 3 fully saturated rings. The number of benzene rings is 1. The van der Waals surface area contributed by atoms with Crippen LogP contribution in [0, 0.1) is 35.4 Å². The van der Waals surface area contributed by atoms with Gasteiger partial charge in [-0.3, -0.25) is 9.78 Å². The molecule has 3 aliphatic rings. The van der Waals surface area contributed by atoms with Crippen molar-refractivity contribution in [3.05, 3.63) is 60.2 Å². The van der Waals surface area contributed by atoms with Gasteiger partial charge < -0.3 is 14.8 Å². The highest BCUT2D eigenvalue weighted by Crippen LogP contribution is 2.53. The molecule has 0 radical (unpaired) electrons. The van der Waals surface area contributed by atoms with Crippen molar-refractivity contribution in [1.29, 1.82) is 0 Å². The van der Waals surface area contributed by atoms with Gasteiger partial charge in [0.2, 0.25) is 0 Å². The number of halogens is 1. The maximum absolute atomic E-state index is 13.6. The minimum Gasteiger partial charge on any atom is -0.462 e. The lowest BCUT2D eigenvalue weighted by molar-refractivity contribution is -0.144. The van der Waals surface area contributed by atoms with Gasteiger partial charge in [0.25, 0.3) is 0 Å². The molecule has 6 nitrogen and oxygen atoms in total. The van der Waals surface area contributed by atoms with E-state index in [0.29, 0.717) is 18.4 Å². The molecular weight excluding hydrogens is 459 g/mol. The molecule has 36 heavy (non-hydrogen) atoms. The highest BCUT2D eigenvalue weighted by atomic mass is 19.1. The van der Waals surface area contributed by atoms with Gasteiger partial charge in [-0.15, -0.1) is 0 Å². The van der Waals surface area contributed by atoms with Crippen LogP contribution in [0.15, 0.2) is 48.7 Å². The molecule has 1 aromatic carbocycles. The minimum absolute atomic E-state index is 0.0679. The van der Waals surface area contributed by atoms with Gasteiger partial charge in [-0.2, -0.15) is 0 Å². The van der Waals surface area contributed by atoms with Crippen molar-refractivity contribution >= 4 is 18.1 Å². The molecule has 1 aliphatic heterocycles. The SMILES string of the molecule is CCOC(=O)N[C@H]1CC[C@H]2[C@@H](C1)C[C@H]1C(=O)O[C@@H](C)[C@@H]1[C@@H]2C=Cc1ccc(-c2cccc(F)c2)cn1. The van der Waals surface area contributed by atoms with E-state index >= 15 is 0 Å². The number of ether oxygens (including phenoxy) is 2. The topological polar surface area (TPSA) is 77.5 Å². The third kappa shape index (κ3) is 5.01. The molecule has 2 heterocycles. The first-order valence-corrected chi connectivity index (χ1v) is 13.0. The quantitative estimate of drug-likeness (QED) is 0.548. The number of carbonyl (C=O) groups is 2. The summed E-state index contributed by atoms with van der Waals surface area (Å²) >= 11 is 0.